The van der Waals surface area contributed by atoms with Crippen molar-refractivity contribution in [2.24, 2.45) is 0 Å². The highest BCUT2D eigenvalue weighted by molar-refractivity contribution is 7.99. The molecule has 0 spiro atoms. The number of aromatic nitrogens is 4. The summed E-state index contributed by atoms with van der Waals surface area (Å²) in [5, 5.41) is 12.7. The summed E-state index contributed by atoms with van der Waals surface area (Å²) >= 11 is 1.38. The molecule has 1 aromatic heterocycles. The van der Waals surface area contributed by atoms with Crippen LogP contribution >= 0.6 is 11.8 Å². The minimum atomic E-state index is 0.209. The molecule has 2 fully saturated rings. The molecule has 2 aromatic rings. The van der Waals surface area contributed by atoms with E-state index in [4.69, 9.17) is 9.47 Å². The van der Waals surface area contributed by atoms with Crippen LogP contribution < -0.4 is 9.47 Å². The van der Waals surface area contributed by atoms with E-state index in [1.54, 1.807) is 18.9 Å². The van der Waals surface area contributed by atoms with Crippen LogP contribution in [0.15, 0.2) is 23.4 Å². The zero-order chi connectivity index (χ0) is 22.3. The molecule has 0 unspecified atom stereocenters. The van der Waals surface area contributed by atoms with Crippen molar-refractivity contribution < 1.29 is 14.3 Å². The summed E-state index contributed by atoms with van der Waals surface area (Å²) in [5.41, 5.74) is 0.684. The van der Waals surface area contributed by atoms with E-state index in [-0.39, 0.29) is 5.91 Å². The molecular weight excluding hydrogens is 426 g/mol. The fourth-order valence-electron chi connectivity index (χ4n) is 5.01. The topological polar surface area (TPSA) is 82.4 Å². The number of tetrazole rings is 1. The molecule has 0 saturated heterocycles. The smallest absolute Gasteiger partial charge is 0.233 e. The van der Waals surface area contributed by atoms with Crippen molar-refractivity contribution in [2.75, 3.05) is 20.0 Å². The van der Waals surface area contributed by atoms with Gasteiger partial charge in [0, 0.05) is 18.2 Å². The first-order valence-electron chi connectivity index (χ1n) is 11.7. The van der Waals surface area contributed by atoms with Gasteiger partial charge in [0.25, 0.3) is 0 Å². The number of amides is 1. The third kappa shape index (κ3) is 5.19. The Balaban J connectivity index is 1.50. The standard InChI is InChI=1S/C23H33N5O3S/c1-30-19-13-14-21(31-2)20(15-19)28-23(24-25-26-28)32-16-22(29)27(17-9-5-3-6-10-17)18-11-7-4-8-12-18/h13-15,17-18H,3-12,16H2,1-2H3. The number of rotatable bonds is 8. The molecule has 0 atom stereocenters. The van der Waals surface area contributed by atoms with Crippen LogP contribution in [0, 0.1) is 0 Å². The number of thioether (sulfide) groups is 1. The average molecular weight is 460 g/mol. The van der Waals surface area contributed by atoms with E-state index in [1.807, 2.05) is 18.2 Å². The zero-order valence-corrected chi connectivity index (χ0v) is 19.9. The van der Waals surface area contributed by atoms with Gasteiger partial charge in [-0.2, -0.15) is 4.68 Å². The first-order chi connectivity index (χ1) is 15.7. The molecule has 0 aliphatic heterocycles. The van der Waals surface area contributed by atoms with Gasteiger partial charge in [-0.05, 0) is 48.2 Å². The summed E-state index contributed by atoms with van der Waals surface area (Å²) in [4.78, 5) is 15.7. The SMILES string of the molecule is COc1ccc(OC)c(-n2nnnc2SCC(=O)N(C2CCCCC2)C2CCCCC2)c1. The molecule has 1 heterocycles. The second-order valence-corrected chi connectivity index (χ2v) is 9.53. The largest absolute Gasteiger partial charge is 0.497 e. The highest BCUT2D eigenvalue weighted by Crippen LogP contribution is 2.33. The Morgan fingerprint density at radius 2 is 1.69 bits per heavy atom. The van der Waals surface area contributed by atoms with Gasteiger partial charge in [-0.25, -0.2) is 0 Å². The summed E-state index contributed by atoms with van der Waals surface area (Å²) in [6.45, 7) is 0. The van der Waals surface area contributed by atoms with E-state index in [1.165, 1.54) is 50.3 Å². The van der Waals surface area contributed by atoms with Gasteiger partial charge >= 0.3 is 0 Å². The van der Waals surface area contributed by atoms with E-state index in [0.29, 0.717) is 40.2 Å². The second-order valence-electron chi connectivity index (χ2n) is 8.58. The summed E-state index contributed by atoms with van der Waals surface area (Å²) in [5.74, 6) is 1.86. The van der Waals surface area contributed by atoms with E-state index >= 15 is 0 Å². The normalized spacial score (nSPS) is 17.8. The fourth-order valence-corrected chi connectivity index (χ4v) is 5.76. The molecule has 0 N–H and O–H groups in total. The van der Waals surface area contributed by atoms with Crippen molar-refractivity contribution in [3.8, 4) is 17.2 Å². The van der Waals surface area contributed by atoms with Gasteiger partial charge in [0.1, 0.15) is 17.2 Å². The molecule has 9 heteroatoms. The minimum Gasteiger partial charge on any atom is -0.497 e. The van der Waals surface area contributed by atoms with Crippen LogP contribution in [0.1, 0.15) is 64.2 Å². The lowest BCUT2D eigenvalue weighted by Gasteiger charge is -2.41. The van der Waals surface area contributed by atoms with Gasteiger partial charge in [-0.1, -0.05) is 50.3 Å². The maximum atomic E-state index is 13.5. The lowest BCUT2D eigenvalue weighted by Crippen LogP contribution is -2.49. The van der Waals surface area contributed by atoms with Crippen molar-refractivity contribution in [1.29, 1.82) is 0 Å². The third-order valence-corrected chi connectivity index (χ3v) is 7.51. The maximum absolute atomic E-state index is 13.5. The van der Waals surface area contributed by atoms with Crippen LogP contribution in [0.5, 0.6) is 11.5 Å². The van der Waals surface area contributed by atoms with Crippen LogP contribution in [0.3, 0.4) is 0 Å². The van der Waals surface area contributed by atoms with Gasteiger partial charge in [0.2, 0.25) is 11.1 Å². The third-order valence-electron chi connectivity index (χ3n) is 6.60. The molecule has 32 heavy (non-hydrogen) atoms. The molecule has 0 radical (unpaired) electrons. The highest BCUT2D eigenvalue weighted by Gasteiger charge is 2.32. The molecule has 1 aromatic carbocycles. The summed E-state index contributed by atoms with van der Waals surface area (Å²) in [6.07, 6.45) is 12.0. The van der Waals surface area contributed by atoms with Crippen LogP contribution in [-0.4, -0.2) is 63.1 Å². The summed E-state index contributed by atoms with van der Waals surface area (Å²) in [7, 11) is 3.23. The number of carbonyl (C=O) groups excluding carboxylic acids is 1. The van der Waals surface area contributed by atoms with Crippen LogP contribution in [0.2, 0.25) is 0 Å². The van der Waals surface area contributed by atoms with Crippen molar-refractivity contribution in [2.45, 2.75) is 81.4 Å². The predicted molar refractivity (Wildman–Crippen MR) is 124 cm³/mol. The zero-order valence-electron chi connectivity index (χ0n) is 19.0. The maximum Gasteiger partial charge on any atom is 0.233 e. The lowest BCUT2D eigenvalue weighted by molar-refractivity contribution is -0.135. The number of carbonyl (C=O) groups is 1. The van der Waals surface area contributed by atoms with Gasteiger partial charge in [0.15, 0.2) is 0 Å². The Hall–Kier alpha value is -2.29. The number of hydrogen-bond acceptors (Lipinski definition) is 7. The number of benzene rings is 1. The van der Waals surface area contributed by atoms with Crippen LogP contribution in [-0.2, 0) is 4.79 Å². The molecule has 8 nitrogen and oxygen atoms in total. The highest BCUT2D eigenvalue weighted by atomic mass is 32.2. The first-order valence-corrected chi connectivity index (χ1v) is 12.6. The molecule has 2 aliphatic rings. The molecular formula is C23H33N5O3S. The number of nitrogens with zero attached hydrogens (tertiary/aromatic N) is 5. The number of hydrogen-bond donors (Lipinski definition) is 0. The lowest BCUT2D eigenvalue weighted by atomic mass is 9.88. The Labute approximate surface area is 194 Å². The van der Waals surface area contributed by atoms with Crippen LogP contribution in [0.25, 0.3) is 5.69 Å². The van der Waals surface area contributed by atoms with Gasteiger partial charge in [0.05, 0.1) is 20.0 Å². The van der Waals surface area contributed by atoms with Crippen molar-refractivity contribution >= 4 is 17.7 Å². The summed E-state index contributed by atoms with van der Waals surface area (Å²) < 4.78 is 12.5. The van der Waals surface area contributed by atoms with Gasteiger partial charge in [-0.15, -0.1) is 5.10 Å². The average Bonchev–Trinajstić information content (AvgIpc) is 3.32. The number of methoxy groups -OCH3 is 2. The molecule has 1 amide bonds. The summed E-state index contributed by atoms with van der Waals surface area (Å²) in [6, 6.07) is 6.25. The quantitative estimate of drug-likeness (QED) is 0.545. The van der Waals surface area contributed by atoms with Gasteiger partial charge in [-0.3, -0.25) is 4.79 Å². The van der Waals surface area contributed by atoms with Crippen molar-refractivity contribution in [1.82, 2.24) is 25.1 Å². The number of ether oxygens (including phenoxy) is 2. The second kappa shape index (κ2) is 11.0. The van der Waals surface area contributed by atoms with E-state index < -0.39 is 0 Å². The Kier molecular flexibility index (Phi) is 7.89. The molecule has 174 valence electrons. The Morgan fingerprint density at radius 1 is 1.03 bits per heavy atom. The van der Waals surface area contributed by atoms with E-state index in [2.05, 4.69) is 20.4 Å². The van der Waals surface area contributed by atoms with Crippen molar-refractivity contribution in [3.63, 3.8) is 0 Å². The van der Waals surface area contributed by atoms with Crippen molar-refractivity contribution in [3.05, 3.63) is 18.2 Å². The molecule has 4 rings (SSSR count). The first kappa shape index (κ1) is 22.9. The Morgan fingerprint density at radius 3 is 2.28 bits per heavy atom. The predicted octanol–water partition coefficient (Wildman–Crippen LogP) is 4.27. The van der Waals surface area contributed by atoms with E-state index in [9.17, 15) is 4.79 Å². The minimum absolute atomic E-state index is 0.209. The Bertz CT molecular complexity index is 876. The van der Waals surface area contributed by atoms with Crippen LogP contribution in [0.4, 0.5) is 0 Å². The molecule has 2 aliphatic carbocycles. The fraction of sp³-hybridized carbons (Fsp3) is 0.652. The molecule has 2 saturated carbocycles. The van der Waals surface area contributed by atoms with E-state index in [0.717, 1.165) is 25.7 Å². The molecule has 0 bridgehead atoms. The van der Waals surface area contributed by atoms with Gasteiger partial charge < -0.3 is 14.4 Å². The monoisotopic (exact) mass is 459 g/mol.